The highest BCUT2D eigenvalue weighted by Gasteiger charge is 2.13. The third-order valence-electron chi connectivity index (χ3n) is 5.64. The molecule has 4 heterocycles. The molecule has 6 rings (SSSR count). The lowest BCUT2D eigenvalue weighted by Crippen LogP contribution is -2.21. The third-order valence-corrected chi connectivity index (χ3v) is 5.64. The first-order valence-electron chi connectivity index (χ1n) is 10.1. The zero-order valence-corrected chi connectivity index (χ0v) is 16.6. The Morgan fingerprint density at radius 2 is 1.77 bits per heavy atom. The standard InChI is InChI=1S/C24H18N6O/c31-23-19-15-26-24-27-22(16-6-2-1-3-7-16)28-30(24)21(19)11-13-29(23)12-10-17-14-25-20-9-5-4-8-18(17)20/h1-9,11,13-15,25H,10,12H2. The minimum atomic E-state index is -0.0801. The number of aromatic nitrogens is 6. The van der Waals surface area contributed by atoms with Gasteiger partial charge in [-0.25, -0.2) is 4.98 Å². The molecule has 0 aliphatic heterocycles. The van der Waals surface area contributed by atoms with Crippen LogP contribution in [0.4, 0.5) is 0 Å². The second kappa shape index (κ2) is 6.91. The molecule has 4 aromatic heterocycles. The maximum Gasteiger partial charge on any atom is 0.261 e. The maximum atomic E-state index is 13.1. The number of nitrogens with zero attached hydrogens (tertiary/aromatic N) is 5. The summed E-state index contributed by atoms with van der Waals surface area (Å²) < 4.78 is 3.37. The lowest BCUT2D eigenvalue weighted by molar-refractivity contribution is 0.676. The highest BCUT2D eigenvalue weighted by Crippen LogP contribution is 2.19. The molecule has 1 N–H and O–H groups in total. The van der Waals surface area contributed by atoms with Crippen LogP contribution >= 0.6 is 0 Å². The molecule has 6 aromatic rings. The quantitative estimate of drug-likeness (QED) is 0.482. The second-order valence-corrected chi connectivity index (χ2v) is 7.49. The van der Waals surface area contributed by atoms with Crippen LogP contribution in [0.15, 0.2) is 84.0 Å². The number of aromatic amines is 1. The lowest BCUT2D eigenvalue weighted by atomic mass is 10.1. The first kappa shape index (κ1) is 17.6. The number of rotatable bonds is 4. The predicted octanol–water partition coefficient (Wildman–Crippen LogP) is 3.83. The van der Waals surface area contributed by atoms with Crippen LogP contribution in [0.1, 0.15) is 5.56 Å². The molecule has 0 fully saturated rings. The van der Waals surface area contributed by atoms with E-state index in [0.717, 1.165) is 17.5 Å². The van der Waals surface area contributed by atoms with Crippen LogP contribution < -0.4 is 5.56 Å². The van der Waals surface area contributed by atoms with Crippen molar-refractivity contribution >= 4 is 27.6 Å². The number of nitrogens with one attached hydrogen (secondary N) is 1. The Morgan fingerprint density at radius 3 is 2.68 bits per heavy atom. The smallest absolute Gasteiger partial charge is 0.261 e. The van der Waals surface area contributed by atoms with Gasteiger partial charge in [-0.15, -0.1) is 5.10 Å². The van der Waals surface area contributed by atoms with Crippen molar-refractivity contribution < 1.29 is 0 Å². The van der Waals surface area contributed by atoms with E-state index in [1.807, 2.05) is 60.9 Å². The number of benzene rings is 2. The summed E-state index contributed by atoms with van der Waals surface area (Å²) in [7, 11) is 0. The molecule has 2 aromatic carbocycles. The predicted molar refractivity (Wildman–Crippen MR) is 120 cm³/mol. The van der Waals surface area contributed by atoms with Gasteiger partial charge in [0.05, 0.1) is 10.9 Å². The first-order valence-corrected chi connectivity index (χ1v) is 10.1. The molecular formula is C24H18N6O. The maximum absolute atomic E-state index is 13.1. The Labute approximate surface area is 176 Å². The van der Waals surface area contributed by atoms with Crippen molar-refractivity contribution in [3.8, 4) is 11.4 Å². The second-order valence-electron chi connectivity index (χ2n) is 7.49. The van der Waals surface area contributed by atoms with Crippen molar-refractivity contribution in [2.24, 2.45) is 0 Å². The number of hydrogen-bond acceptors (Lipinski definition) is 4. The molecule has 0 aliphatic rings. The molecule has 31 heavy (non-hydrogen) atoms. The normalized spacial score (nSPS) is 11.6. The zero-order chi connectivity index (χ0) is 20.8. The molecule has 0 aliphatic carbocycles. The average Bonchev–Trinajstić information content (AvgIpc) is 3.44. The highest BCUT2D eigenvalue weighted by molar-refractivity contribution is 5.83. The summed E-state index contributed by atoms with van der Waals surface area (Å²) in [6, 6.07) is 19.8. The molecule has 150 valence electrons. The number of aryl methyl sites for hydroxylation is 2. The number of hydrogen-bond donors (Lipinski definition) is 1. The zero-order valence-electron chi connectivity index (χ0n) is 16.6. The van der Waals surface area contributed by atoms with Gasteiger partial charge in [-0.3, -0.25) is 4.79 Å². The van der Waals surface area contributed by atoms with Gasteiger partial charge in [-0.1, -0.05) is 48.5 Å². The Bertz CT molecular complexity index is 1610. The van der Waals surface area contributed by atoms with Gasteiger partial charge in [0.15, 0.2) is 5.82 Å². The first-order chi connectivity index (χ1) is 15.3. The average molecular weight is 406 g/mol. The van der Waals surface area contributed by atoms with Gasteiger partial charge in [0.1, 0.15) is 0 Å². The minimum Gasteiger partial charge on any atom is -0.361 e. The summed E-state index contributed by atoms with van der Waals surface area (Å²) in [4.78, 5) is 25.3. The van der Waals surface area contributed by atoms with Crippen LogP contribution in [0.25, 0.3) is 39.0 Å². The summed E-state index contributed by atoms with van der Waals surface area (Å²) in [5, 5.41) is 6.31. The molecule has 0 saturated heterocycles. The number of H-pyrrole nitrogens is 1. The van der Waals surface area contributed by atoms with Gasteiger partial charge in [-0.2, -0.15) is 9.50 Å². The monoisotopic (exact) mass is 406 g/mol. The Morgan fingerprint density at radius 1 is 0.935 bits per heavy atom. The largest absolute Gasteiger partial charge is 0.361 e. The van der Waals surface area contributed by atoms with E-state index in [4.69, 9.17) is 0 Å². The molecule has 0 unspecified atom stereocenters. The van der Waals surface area contributed by atoms with Crippen LogP contribution in [0.5, 0.6) is 0 Å². The Kier molecular flexibility index (Phi) is 3.92. The fourth-order valence-corrected chi connectivity index (χ4v) is 4.02. The van der Waals surface area contributed by atoms with Crippen molar-refractivity contribution in [2.45, 2.75) is 13.0 Å². The lowest BCUT2D eigenvalue weighted by Gasteiger charge is -2.07. The van der Waals surface area contributed by atoms with Crippen LogP contribution in [-0.2, 0) is 13.0 Å². The van der Waals surface area contributed by atoms with E-state index in [1.54, 1.807) is 15.3 Å². The van der Waals surface area contributed by atoms with Gasteiger partial charge in [0, 0.05) is 41.6 Å². The highest BCUT2D eigenvalue weighted by atomic mass is 16.1. The van der Waals surface area contributed by atoms with E-state index < -0.39 is 0 Å². The summed E-state index contributed by atoms with van der Waals surface area (Å²) in [5.74, 6) is 1.06. The molecule has 0 saturated carbocycles. The summed E-state index contributed by atoms with van der Waals surface area (Å²) >= 11 is 0. The summed E-state index contributed by atoms with van der Waals surface area (Å²) in [6.07, 6.45) is 6.19. The van der Waals surface area contributed by atoms with Gasteiger partial charge in [0.25, 0.3) is 11.3 Å². The minimum absolute atomic E-state index is 0.0801. The van der Waals surface area contributed by atoms with E-state index in [1.165, 1.54) is 10.9 Å². The molecule has 0 amide bonds. The van der Waals surface area contributed by atoms with E-state index in [9.17, 15) is 4.79 Å². The van der Waals surface area contributed by atoms with Crippen LogP contribution in [0.3, 0.4) is 0 Å². The van der Waals surface area contributed by atoms with Crippen molar-refractivity contribution in [3.63, 3.8) is 0 Å². The molecule has 0 radical (unpaired) electrons. The fraction of sp³-hybridized carbons (Fsp3) is 0.0833. The summed E-state index contributed by atoms with van der Waals surface area (Å²) in [5.41, 5.74) is 3.83. The SMILES string of the molecule is O=c1c2cnc3nc(-c4ccccc4)nn3c2ccn1CCc1c[nH]c2ccccc12. The van der Waals surface area contributed by atoms with Crippen molar-refractivity contribution in [1.29, 1.82) is 0 Å². The van der Waals surface area contributed by atoms with Gasteiger partial charge >= 0.3 is 0 Å². The van der Waals surface area contributed by atoms with Gasteiger partial charge in [-0.05, 0) is 24.1 Å². The van der Waals surface area contributed by atoms with Crippen LogP contribution in [0.2, 0.25) is 0 Å². The fourth-order valence-electron chi connectivity index (χ4n) is 4.02. The molecular weight excluding hydrogens is 388 g/mol. The van der Waals surface area contributed by atoms with E-state index in [2.05, 4.69) is 32.2 Å². The molecule has 7 heteroatoms. The van der Waals surface area contributed by atoms with Crippen LogP contribution in [-0.4, -0.2) is 29.1 Å². The molecule has 7 nitrogen and oxygen atoms in total. The number of fused-ring (bicyclic) bond motifs is 4. The molecule has 0 spiro atoms. The van der Waals surface area contributed by atoms with E-state index in [-0.39, 0.29) is 5.56 Å². The van der Waals surface area contributed by atoms with Crippen molar-refractivity contribution in [2.75, 3.05) is 0 Å². The Hall–Kier alpha value is -4.26. The number of pyridine rings is 1. The van der Waals surface area contributed by atoms with E-state index in [0.29, 0.717) is 29.0 Å². The van der Waals surface area contributed by atoms with Crippen molar-refractivity contribution in [1.82, 2.24) is 29.1 Å². The van der Waals surface area contributed by atoms with Gasteiger partial charge in [0.2, 0.25) is 0 Å². The topological polar surface area (TPSA) is 80.9 Å². The van der Waals surface area contributed by atoms with Crippen molar-refractivity contribution in [3.05, 3.63) is 95.2 Å². The van der Waals surface area contributed by atoms with Crippen LogP contribution in [0, 0.1) is 0 Å². The van der Waals surface area contributed by atoms with Gasteiger partial charge < -0.3 is 9.55 Å². The van der Waals surface area contributed by atoms with E-state index >= 15 is 0 Å². The molecule has 0 atom stereocenters. The molecule has 0 bridgehead atoms. The Balaban J connectivity index is 1.38. The summed E-state index contributed by atoms with van der Waals surface area (Å²) in [6.45, 7) is 0.585. The third kappa shape index (κ3) is 2.90. The number of para-hydroxylation sites is 1.